The normalized spacial score (nSPS) is 15.4. The number of nitrogens with one attached hydrogen (secondary N) is 3. The van der Waals surface area contributed by atoms with Crippen LogP contribution in [0.2, 0.25) is 0 Å². The van der Waals surface area contributed by atoms with Crippen LogP contribution in [0.3, 0.4) is 0 Å². The molecular weight excluding hydrogens is 306 g/mol. The van der Waals surface area contributed by atoms with Gasteiger partial charge in [0.15, 0.2) is 0 Å². The Labute approximate surface area is 142 Å². The summed E-state index contributed by atoms with van der Waals surface area (Å²) in [5.41, 5.74) is 1.59. The Hall–Kier alpha value is 0.0743. The average molecular weight is 343 g/mol. The molecule has 0 saturated heterocycles. The van der Waals surface area contributed by atoms with Crippen molar-refractivity contribution in [3.8, 4) is 0 Å². The summed E-state index contributed by atoms with van der Waals surface area (Å²) in [4.78, 5) is 0. The SMILES string of the molecule is CCC[NH][Ti]([NH]CCC)([NH]CCC)[C]1=C(CC(C)C)C=CC1. The molecule has 1 aliphatic carbocycles. The first-order valence-corrected chi connectivity index (χ1v) is 12.4. The number of hydrogen-bond donors (Lipinski definition) is 3. The van der Waals surface area contributed by atoms with Crippen molar-refractivity contribution < 1.29 is 17.4 Å². The Morgan fingerprint density at radius 2 is 1.45 bits per heavy atom. The summed E-state index contributed by atoms with van der Waals surface area (Å²) in [5, 5.41) is 0. The quantitative estimate of drug-likeness (QED) is 0.466. The van der Waals surface area contributed by atoms with Crippen LogP contribution in [-0.2, 0) is 17.4 Å². The number of allylic oxidation sites excluding steroid dienone is 4. The maximum atomic E-state index is 3.97. The van der Waals surface area contributed by atoms with Gasteiger partial charge in [-0.3, -0.25) is 0 Å². The van der Waals surface area contributed by atoms with E-state index in [2.05, 4.69) is 58.2 Å². The van der Waals surface area contributed by atoms with Gasteiger partial charge in [0.1, 0.15) is 0 Å². The van der Waals surface area contributed by atoms with Gasteiger partial charge in [-0.25, -0.2) is 0 Å². The van der Waals surface area contributed by atoms with E-state index in [-0.39, 0.29) is 0 Å². The maximum absolute atomic E-state index is 3.97. The van der Waals surface area contributed by atoms with Gasteiger partial charge in [-0.2, -0.15) is 0 Å². The van der Waals surface area contributed by atoms with Crippen LogP contribution in [0, 0.1) is 5.92 Å². The van der Waals surface area contributed by atoms with Crippen LogP contribution in [-0.4, -0.2) is 19.6 Å². The molecule has 0 unspecified atom stereocenters. The monoisotopic (exact) mass is 343 g/mol. The predicted molar refractivity (Wildman–Crippen MR) is 95.1 cm³/mol. The third kappa shape index (κ3) is 5.94. The minimum absolute atomic E-state index is 0.719. The van der Waals surface area contributed by atoms with E-state index in [1.165, 1.54) is 25.7 Å². The van der Waals surface area contributed by atoms with Crippen molar-refractivity contribution in [2.75, 3.05) is 19.6 Å². The van der Waals surface area contributed by atoms with Crippen LogP contribution in [0.15, 0.2) is 21.6 Å². The van der Waals surface area contributed by atoms with Crippen LogP contribution >= 0.6 is 0 Å². The van der Waals surface area contributed by atoms with Crippen molar-refractivity contribution in [1.82, 2.24) is 11.4 Å². The third-order valence-corrected chi connectivity index (χ3v) is 9.92. The molecule has 0 aliphatic heterocycles. The zero-order valence-corrected chi connectivity index (χ0v) is 17.0. The molecular formula is C18H37N3Ti. The second-order valence-corrected chi connectivity index (χ2v) is 11.7. The third-order valence-electron chi connectivity index (χ3n) is 4.03. The summed E-state index contributed by atoms with van der Waals surface area (Å²) in [6.45, 7) is 14.7. The summed E-state index contributed by atoms with van der Waals surface area (Å²) in [7, 11) is 0. The van der Waals surface area contributed by atoms with Crippen LogP contribution < -0.4 is 11.4 Å². The molecule has 0 aromatic carbocycles. The molecule has 0 aromatic rings. The van der Waals surface area contributed by atoms with Crippen LogP contribution in [0.1, 0.15) is 66.7 Å². The number of rotatable bonds is 12. The molecule has 22 heavy (non-hydrogen) atoms. The fourth-order valence-electron chi connectivity index (χ4n) is 3.02. The Morgan fingerprint density at radius 3 is 1.86 bits per heavy atom. The summed E-state index contributed by atoms with van der Waals surface area (Å²) in [5.74, 6) is 0.719. The Morgan fingerprint density at radius 1 is 0.955 bits per heavy atom. The summed E-state index contributed by atoms with van der Waals surface area (Å²) in [6.07, 6.45) is 10.6. The minimum atomic E-state index is -2.60. The Kier molecular flexibility index (Phi) is 9.85. The fourth-order valence-corrected chi connectivity index (χ4v) is 9.24. The molecule has 0 aromatic heterocycles. The van der Waals surface area contributed by atoms with Crippen molar-refractivity contribution in [2.24, 2.45) is 5.92 Å². The fraction of sp³-hybridized carbons (Fsp3) is 0.778. The zero-order chi connectivity index (χ0) is 16.4. The molecule has 0 radical (unpaired) electrons. The second kappa shape index (κ2) is 10.8. The van der Waals surface area contributed by atoms with Gasteiger partial charge in [-0.05, 0) is 0 Å². The van der Waals surface area contributed by atoms with Gasteiger partial charge in [-0.1, -0.05) is 0 Å². The first-order valence-electron chi connectivity index (χ1n) is 9.23. The average Bonchev–Trinajstić information content (AvgIpc) is 2.95. The van der Waals surface area contributed by atoms with E-state index in [1.807, 2.05) is 0 Å². The summed E-state index contributed by atoms with van der Waals surface area (Å²) >= 11 is -2.60. The van der Waals surface area contributed by atoms with Gasteiger partial charge in [0, 0.05) is 0 Å². The second-order valence-electron chi connectivity index (χ2n) is 6.74. The van der Waals surface area contributed by atoms with Crippen molar-refractivity contribution in [3.63, 3.8) is 0 Å². The predicted octanol–water partition coefficient (Wildman–Crippen LogP) is 4.14. The molecule has 0 saturated carbocycles. The van der Waals surface area contributed by atoms with E-state index >= 15 is 0 Å². The van der Waals surface area contributed by atoms with Gasteiger partial charge in [0.2, 0.25) is 0 Å². The molecule has 0 heterocycles. The van der Waals surface area contributed by atoms with Gasteiger partial charge in [-0.15, -0.1) is 0 Å². The topological polar surface area (TPSA) is 36.1 Å². The van der Waals surface area contributed by atoms with E-state index in [1.54, 1.807) is 9.45 Å². The molecule has 0 bridgehead atoms. The van der Waals surface area contributed by atoms with E-state index in [0.29, 0.717) is 0 Å². The van der Waals surface area contributed by atoms with E-state index in [0.717, 1.165) is 32.0 Å². The first kappa shape index (κ1) is 20.1. The van der Waals surface area contributed by atoms with Crippen molar-refractivity contribution in [3.05, 3.63) is 21.6 Å². The molecule has 128 valence electrons. The molecule has 0 fully saturated rings. The summed E-state index contributed by atoms with van der Waals surface area (Å²) < 4.78 is 13.6. The van der Waals surface area contributed by atoms with Crippen LogP contribution in [0.5, 0.6) is 0 Å². The van der Waals surface area contributed by atoms with Crippen molar-refractivity contribution >= 4 is 0 Å². The Balaban J connectivity index is 3.07. The summed E-state index contributed by atoms with van der Waals surface area (Å²) in [6, 6.07) is 0. The molecule has 1 aliphatic rings. The zero-order valence-electron chi connectivity index (χ0n) is 15.4. The van der Waals surface area contributed by atoms with Gasteiger partial charge >= 0.3 is 143 Å². The van der Waals surface area contributed by atoms with Crippen molar-refractivity contribution in [1.29, 1.82) is 0 Å². The Bertz CT molecular complexity index is 353. The van der Waals surface area contributed by atoms with Crippen LogP contribution in [0.4, 0.5) is 0 Å². The molecule has 1 rings (SSSR count). The number of hydrogen-bond acceptors (Lipinski definition) is 3. The van der Waals surface area contributed by atoms with Crippen LogP contribution in [0.25, 0.3) is 0 Å². The van der Waals surface area contributed by atoms with Gasteiger partial charge in [0.05, 0.1) is 0 Å². The standard InChI is InChI=1S/C9H13.3C3H8N.Ti/c1-8(2)7-9-5-3-4-6-9;3*1-2-3-4;/h3,5,8H,4,7H2,1-2H3;3*4H,2-3H2,1H3;/q;3*-1;+3. The molecule has 3 nitrogen and oxygen atoms in total. The van der Waals surface area contributed by atoms with E-state index in [4.69, 9.17) is 0 Å². The van der Waals surface area contributed by atoms with Gasteiger partial charge in [0.25, 0.3) is 0 Å². The molecule has 4 heteroatoms. The van der Waals surface area contributed by atoms with Gasteiger partial charge < -0.3 is 0 Å². The first-order chi connectivity index (χ1) is 10.6. The van der Waals surface area contributed by atoms with Crippen molar-refractivity contribution in [2.45, 2.75) is 66.7 Å². The molecule has 0 amide bonds. The van der Waals surface area contributed by atoms with E-state index < -0.39 is 17.4 Å². The molecule has 3 N–H and O–H groups in total. The molecule has 0 spiro atoms. The molecule has 0 atom stereocenters. The van der Waals surface area contributed by atoms with E-state index in [9.17, 15) is 0 Å².